The van der Waals surface area contributed by atoms with Crippen LogP contribution in [0.2, 0.25) is 0 Å². The summed E-state index contributed by atoms with van der Waals surface area (Å²) in [5.41, 5.74) is 4.52. The fraction of sp³-hybridized carbons (Fsp3) is 0.355. The van der Waals surface area contributed by atoms with E-state index in [1.54, 1.807) is 48.9 Å². The minimum Gasteiger partial charge on any atom is -0.352 e. The van der Waals surface area contributed by atoms with Crippen molar-refractivity contribution >= 4 is 32.8 Å². The molecule has 2 aromatic heterocycles. The van der Waals surface area contributed by atoms with Gasteiger partial charge in [-0.25, -0.2) is 18.4 Å². The molecule has 10 heteroatoms. The molecule has 3 heterocycles. The zero-order valence-electron chi connectivity index (χ0n) is 24.1. The first-order chi connectivity index (χ1) is 19.8. The lowest BCUT2D eigenvalue weighted by Gasteiger charge is -2.40. The largest absolute Gasteiger partial charge is 0.352 e. The molecule has 1 N–H and O–H groups in total. The van der Waals surface area contributed by atoms with Crippen LogP contribution >= 0.6 is 0 Å². The molecule has 0 saturated carbocycles. The lowest BCUT2D eigenvalue weighted by molar-refractivity contribution is -0.125. The molecule has 1 atom stereocenters. The molecular weight excluding hydrogens is 536 g/mol. The van der Waals surface area contributed by atoms with Gasteiger partial charge in [-0.05, 0) is 42.7 Å². The number of piperazine rings is 1. The number of rotatable bonds is 8. The molecule has 5 rings (SSSR count). The van der Waals surface area contributed by atoms with Crippen molar-refractivity contribution in [1.82, 2.24) is 24.6 Å². The highest BCUT2D eigenvalue weighted by molar-refractivity contribution is 7.89. The van der Waals surface area contributed by atoms with Gasteiger partial charge in [-0.3, -0.25) is 9.78 Å². The fourth-order valence-electron chi connectivity index (χ4n) is 4.75. The third-order valence-electron chi connectivity index (χ3n) is 6.95. The highest BCUT2D eigenvalue weighted by atomic mass is 32.2. The molecule has 0 radical (unpaired) electrons. The van der Waals surface area contributed by atoms with Crippen LogP contribution in [0, 0.1) is 6.92 Å². The van der Waals surface area contributed by atoms with Crippen molar-refractivity contribution in [3.8, 4) is 0 Å². The van der Waals surface area contributed by atoms with Crippen molar-refractivity contribution in [2.24, 2.45) is 0 Å². The Morgan fingerprint density at radius 1 is 0.951 bits per heavy atom. The minimum atomic E-state index is -3.91. The summed E-state index contributed by atoms with van der Waals surface area (Å²) in [6.07, 6.45) is 7.00. The Morgan fingerprint density at radius 3 is 2.37 bits per heavy atom. The summed E-state index contributed by atoms with van der Waals surface area (Å²) in [5.74, 6) is 0.233. The minimum absolute atomic E-state index is 0.135. The summed E-state index contributed by atoms with van der Waals surface area (Å²) in [5, 5.41) is 2.97. The fourth-order valence-corrected chi connectivity index (χ4v) is 6.32. The SMILES string of the molecule is CC.CCCc1ccc(CNC(=O)[C@H]2CN(c3cnc4cnccc4n3)CCN2S(=O)(=O)c2ccc(C)cc2)cc1. The van der Waals surface area contributed by atoms with E-state index >= 15 is 0 Å². The van der Waals surface area contributed by atoms with E-state index in [4.69, 9.17) is 0 Å². The number of amides is 1. The Kier molecular flexibility index (Phi) is 10.0. The van der Waals surface area contributed by atoms with Crippen LogP contribution in [-0.4, -0.2) is 59.3 Å². The maximum absolute atomic E-state index is 13.7. The number of fused-ring (bicyclic) bond motifs is 1. The Bertz CT molecular complexity index is 1560. The number of nitrogens with zero attached hydrogens (tertiary/aromatic N) is 5. The first-order valence-corrected chi connectivity index (χ1v) is 15.5. The molecule has 0 aliphatic carbocycles. The number of sulfonamides is 1. The van der Waals surface area contributed by atoms with Crippen LogP contribution in [0.15, 0.2) is 78.1 Å². The van der Waals surface area contributed by atoms with Crippen LogP contribution in [-0.2, 0) is 27.8 Å². The molecule has 1 aliphatic heterocycles. The predicted octanol–water partition coefficient (Wildman–Crippen LogP) is 4.51. The van der Waals surface area contributed by atoms with Gasteiger partial charge in [0.1, 0.15) is 17.4 Å². The van der Waals surface area contributed by atoms with E-state index in [1.165, 1.54) is 9.87 Å². The van der Waals surface area contributed by atoms with Crippen LogP contribution in [0.5, 0.6) is 0 Å². The Balaban J connectivity index is 0.00000189. The van der Waals surface area contributed by atoms with Crippen LogP contribution in [0.25, 0.3) is 11.0 Å². The van der Waals surface area contributed by atoms with Crippen molar-refractivity contribution in [3.63, 3.8) is 0 Å². The number of pyridine rings is 1. The molecular formula is C31H38N6O3S. The second-order valence-corrected chi connectivity index (χ2v) is 11.7. The van der Waals surface area contributed by atoms with E-state index in [0.717, 1.165) is 24.0 Å². The van der Waals surface area contributed by atoms with Gasteiger partial charge < -0.3 is 10.2 Å². The van der Waals surface area contributed by atoms with Gasteiger partial charge in [0, 0.05) is 32.4 Å². The lowest BCUT2D eigenvalue weighted by atomic mass is 10.1. The number of hydrogen-bond donors (Lipinski definition) is 1. The molecule has 1 saturated heterocycles. The summed E-state index contributed by atoms with van der Waals surface area (Å²) >= 11 is 0. The summed E-state index contributed by atoms with van der Waals surface area (Å²) in [7, 11) is -3.91. The number of aryl methyl sites for hydroxylation is 2. The smallest absolute Gasteiger partial charge is 0.243 e. The maximum atomic E-state index is 13.7. The van der Waals surface area contributed by atoms with Crippen molar-refractivity contribution in [2.75, 3.05) is 24.5 Å². The summed E-state index contributed by atoms with van der Waals surface area (Å²) < 4.78 is 28.7. The predicted molar refractivity (Wildman–Crippen MR) is 162 cm³/mol. The number of anilines is 1. The average molecular weight is 575 g/mol. The first kappa shape index (κ1) is 30.1. The number of carbonyl (C=O) groups is 1. The topological polar surface area (TPSA) is 108 Å². The van der Waals surface area contributed by atoms with Gasteiger partial charge in [-0.1, -0.05) is 69.2 Å². The molecule has 0 bridgehead atoms. The molecule has 9 nitrogen and oxygen atoms in total. The normalized spacial score (nSPS) is 15.7. The van der Waals surface area contributed by atoms with Gasteiger partial charge in [0.05, 0.1) is 22.8 Å². The van der Waals surface area contributed by atoms with Gasteiger partial charge in [0.15, 0.2) is 0 Å². The highest BCUT2D eigenvalue weighted by Crippen LogP contribution is 2.25. The lowest BCUT2D eigenvalue weighted by Crippen LogP contribution is -2.60. The number of aromatic nitrogens is 3. The Morgan fingerprint density at radius 2 is 1.66 bits per heavy atom. The van der Waals surface area contributed by atoms with Gasteiger partial charge >= 0.3 is 0 Å². The standard InChI is InChI=1S/C29H32N6O3S.C2H6/c1-3-4-22-7-9-23(10-8-22)17-32-29(36)27-20-34(28-19-31-26-18-30-14-13-25(26)33-28)15-16-35(27)39(37,38)24-11-5-21(2)6-12-24;1-2/h5-14,18-19,27H,3-4,15-17,20H2,1-2H3,(H,32,36);1-2H3/t27-;/m1./s1. The van der Waals surface area contributed by atoms with E-state index in [1.807, 2.05) is 37.8 Å². The van der Waals surface area contributed by atoms with Crippen molar-refractivity contribution < 1.29 is 13.2 Å². The van der Waals surface area contributed by atoms with Gasteiger partial charge in [0.2, 0.25) is 15.9 Å². The molecule has 1 fully saturated rings. The van der Waals surface area contributed by atoms with Crippen LogP contribution in [0.1, 0.15) is 43.9 Å². The summed E-state index contributed by atoms with van der Waals surface area (Å²) in [6.45, 7) is 9.01. The van der Waals surface area contributed by atoms with E-state index in [-0.39, 0.29) is 23.9 Å². The first-order valence-electron chi connectivity index (χ1n) is 14.1. The third-order valence-corrected chi connectivity index (χ3v) is 8.87. The number of carbonyl (C=O) groups excluding carboxylic acids is 1. The maximum Gasteiger partial charge on any atom is 0.243 e. The Hall–Kier alpha value is -3.89. The molecule has 2 aromatic carbocycles. The van der Waals surface area contributed by atoms with Gasteiger partial charge in [-0.2, -0.15) is 4.31 Å². The zero-order valence-corrected chi connectivity index (χ0v) is 24.9. The highest BCUT2D eigenvalue weighted by Gasteiger charge is 2.40. The van der Waals surface area contributed by atoms with Crippen LogP contribution < -0.4 is 10.2 Å². The second kappa shape index (κ2) is 13.6. The number of nitrogens with one attached hydrogen (secondary N) is 1. The summed E-state index contributed by atoms with van der Waals surface area (Å²) in [6, 6.07) is 15.7. The molecule has 4 aromatic rings. The van der Waals surface area contributed by atoms with E-state index < -0.39 is 16.1 Å². The molecule has 1 amide bonds. The third kappa shape index (κ3) is 7.07. The van der Waals surface area contributed by atoms with Crippen molar-refractivity contribution in [2.45, 2.75) is 58.0 Å². The molecule has 216 valence electrons. The quantitative estimate of drug-likeness (QED) is 0.330. The molecule has 0 unspecified atom stereocenters. The molecule has 41 heavy (non-hydrogen) atoms. The van der Waals surface area contributed by atoms with Gasteiger partial charge in [0.25, 0.3) is 0 Å². The Labute approximate surface area is 242 Å². The number of benzene rings is 2. The van der Waals surface area contributed by atoms with Crippen LogP contribution in [0.3, 0.4) is 0 Å². The average Bonchev–Trinajstić information content (AvgIpc) is 3.01. The van der Waals surface area contributed by atoms with Gasteiger partial charge in [-0.15, -0.1) is 0 Å². The molecule has 0 spiro atoms. The monoisotopic (exact) mass is 574 g/mol. The van der Waals surface area contributed by atoms with E-state index in [9.17, 15) is 13.2 Å². The molecule has 1 aliphatic rings. The zero-order chi connectivity index (χ0) is 29.4. The second-order valence-electron chi connectivity index (χ2n) is 9.77. The van der Waals surface area contributed by atoms with Crippen LogP contribution in [0.4, 0.5) is 5.82 Å². The van der Waals surface area contributed by atoms with E-state index in [0.29, 0.717) is 29.9 Å². The number of hydrogen-bond acceptors (Lipinski definition) is 7. The van der Waals surface area contributed by atoms with E-state index in [2.05, 4.69) is 39.3 Å². The summed E-state index contributed by atoms with van der Waals surface area (Å²) in [4.78, 5) is 28.9. The van der Waals surface area contributed by atoms with Crippen molar-refractivity contribution in [1.29, 1.82) is 0 Å². The van der Waals surface area contributed by atoms with Crippen molar-refractivity contribution in [3.05, 3.63) is 89.9 Å².